The van der Waals surface area contributed by atoms with Gasteiger partial charge in [0, 0.05) is 64.6 Å². The Hall–Kier alpha value is -9.97. The van der Waals surface area contributed by atoms with Gasteiger partial charge in [0.05, 0.1) is 46.4 Å². The molecule has 39 heteroatoms. The highest BCUT2D eigenvalue weighted by Crippen LogP contribution is 2.48. The summed E-state index contributed by atoms with van der Waals surface area (Å²) in [6, 6.07) is 15.4. The van der Waals surface area contributed by atoms with Gasteiger partial charge in [-0.3, -0.25) is 0 Å². The maximum Gasteiger partial charge on any atom is 0.416 e. The molecular weight excluding hydrogens is 1820 g/mol. The average molecular weight is 1940 g/mol. The first-order valence-corrected chi connectivity index (χ1v) is 46.4. The molecule has 8 aromatic rings. The van der Waals surface area contributed by atoms with Crippen LogP contribution in [0.3, 0.4) is 0 Å². The van der Waals surface area contributed by atoms with Crippen LogP contribution >= 0.6 is 15.9 Å². The van der Waals surface area contributed by atoms with Crippen LogP contribution in [-0.2, 0) is 53.4 Å². The van der Waals surface area contributed by atoms with E-state index >= 15 is 0 Å². The topological polar surface area (TPSA) is 284 Å². The minimum absolute atomic E-state index is 0.0112. The maximum absolute atomic E-state index is 13.3. The van der Waals surface area contributed by atoms with E-state index in [1.807, 2.05) is 112 Å². The van der Waals surface area contributed by atoms with Crippen molar-refractivity contribution < 1.29 is 90.7 Å². The Kier molecular flexibility index (Phi) is 31.7. The number of piperidine rings is 4. The molecule has 26 nitrogen and oxygen atoms in total. The summed E-state index contributed by atoms with van der Waals surface area (Å²) >= 11 is 3.12. The van der Waals surface area contributed by atoms with Gasteiger partial charge in [0.15, 0.2) is 23.7 Å². The lowest BCUT2D eigenvalue weighted by atomic mass is 9.82. The number of hydrogen-bond acceptors (Lipinski definition) is 20. The number of hydrogen-bond donors (Lipinski definition) is 2. The number of alkyl halides is 12. The van der Waals surface area contributed by atoms with Crippen molar-refractivity contribution in [3.05, 3.63) is 140 Å². The molecule has 8 fully saturated rings. The molecule has 133 heavy (non-hydrogen) atoms. The fourth-order valence-corrected chi connectivity index (χ4v) is 19.6. The van der Waals surface area contributed by atoms with Gasteiger partial charge >= 0.3 is 60.9 Å². The SMILES string of the molecule is CC(C)(C)OC(=O)N1C[C@H]2CC[C@@H](C1)C2N.Cc1cc(Oc2nc(Br)nn2C(C)C)cc(C(F)(F)F)c1.Cc1cc(Oc2nc(CC3[C@@H]4CC[C@H]3CN(C#N)C4)nn2C(C)C)cc(C(F)(F)F)c1.Cc1cc(Oc2nc(CC3[C@@H]4CC[C@H]3CN(C(=O)OC(C)(C)C)C4)nn2C(C)C)cc(C(F)(F)F)c1.Cc1cc(Oc2nc(CC3[C@@H]4CC[C@H]3CNC4)nn2C(C)C)cc(C(F)(F)F)c1. The molecule has 8 aliphatic rings. The quantitative estimate of drug-likeness (QED) is 0.0596. The number of rotatable bonds is 18. The number of carbonyl (C=O) groups is 2. The van der Waals surface area contributed by atoms with Crippen molar-refractivity contribution in [1.82, 2.24) is 79.1 Å². The fraction of sp³-hybridized carbons (Fsp3) is 0.628. The Morgan fingerprint density at radius 2 is 0.662 bits per heavy atom. The molecule has 4 saturated carbocycles. The summed E-state index contributed by atoms with van der Waals surface area (Å²) in [4.78, 5) is 47.7. The number of nitrogens with one attached hydrogen (secondary N) is 1. The van der Waals surface area contributed by atoms with Gasteiger partial charge < -0.3 is 54.2 Å². The molecule has 12 atom stereocenters. The van der Waals surface area contributed by atoms with Crippen LogP contribution in [0, 0.1) is 104 Å². The third-order valence-corrected chi connectivity index (χ3v) is 25.7. The van der Waals surface area contributed by atoms with Gasteiger partial charge in [-0.25, -0.2) is 28.3 Å². The number of aromatic nitrogens is 12. The van der Waals surface area contributed by atoms with E-state index in [0.717, 1.165) is 133 Å². The predicted octanol–water partition coefficient (Wildman–Crippen LogP) is 22.5. The highest BCUT2D eigenvalue weighted by atomic mass is 79.9. The van der Waals surface area contributed by atoms with Crippen molar-refractivity contribution in [1.29, 1.82) is 5.26 Å². The molecule has 4 saturated heterocycles. The molecule has 8 bridgehead atoms. The van der Waals surface area contributed by atoms with E-state index in [1.165, 1.54) is 23.6 Å². The van der Waals surface area contributed by atoms with Crippen molar-refractivity contribution in [3.8, 4) is 53.2 Å². The number of carbonyl (C=O) groups excluding carboxylic acids is 2. The molecule has 4 aliphatic heterocycles. The van der Waals surface area contributed by atoms with E-state index in [4.69, 9.17) is 34.2 Å². The second-order valence-electron chi connectivity index (χ2n) is 39.8. The monoisotopic (exact) mass is 1940 g/mol. The van der Waals surface area contributed by atoms with Crippen molar-refractivity contribution in [2.75, 3.05) is 52.4 Å². The minimum atomic E-state index is -4.46. The normalized spacial score (nSPS) is 22.7. The van der Waals surface area contributed by atoms with Crippen LogP contribution in [0.25, 0.3) is 0 Å². The van der Waals surface area contributed by atoms with Gasteiger partial charge in [0.1, 0.15) is 34.2 Å². The molecule has 4 aliphatic carbocycles. The van der Waals surface area contributed by atoms with Gasteiger partial charge in [0.25, 0.3) is 0 Å². The largest absolute Gasteiger partial charge is 0.444 e. The molecular formula is C94H123BrF12N18O8. The Balaban J connectivity index is 0.000000153. The molecule has 2 amide bonds. The van der Waals surface area contributed by atoms with Crippen LogP contribution in [0.4, 0.5) is 62.3 Å². The standard InChI is InChI=1S/C26H35F3N4O3.C22H26F3N5O.C21H27F3N4O.C13H13BrF3N3O.C12H22N2O2/c1-15(2)33-23(35-20-10-16(3)9-19(11-20)26(27,28)29)30-22(31-33)12-21-17-7-8-18(21)14-32(13-17)24(34)36-25(4,5)6;1-13(2)30-21(31-18-7-14(3)6-17(8-18)22(23,24)25)27-20(28-30)9-19-15-4-5-16(19)11-29(10-15)12-26;1-12(2)28-20(29-17-7-13(3)6-16(8-17)21(22,23)24)26-19(27-28)9-18-14-4-5-15(18)11-25-10-14;1-7(2)20-12(18-11(14)19-20)21-10-5-8(3)4-9(6-10)13(15,16)17;1-12(2,3)16-11(15)14-6-8-4-5-9(7-14)10(8)13/h9-11,15,17-18,21H,7-8,12-14H2,1-6H3;6-8,13,15-16,19H,4-5,9-11H2,1-3H3;6-8,12,14-15,18,25H,4-5,9-11H2,1-3H3;4-7H,1-3H3;8-10H,4-7,13H2,1-3H3/t17-,18+,21?;15-,16+,19?;14-,15+,18?;;8-,9+,10?. The third kappa shape index (κ3) is 26.8. The highest BCUT2D eigenvalue weighted by molar-refractivity contribution is 9.10. The lowest BCUT2D eigenvalue weighted by Crippen LogP contribution is -2.51. The number of benzene rings is 4. The molecule has 8 heterocycles. The number of ether oxygens (including phenoxy) is 6. The Bertz CT molecular complexity index is 5320. The number of fused-ring (bicyclic) bond motifs is 8. The van der Waals surface area contributed by atoms with Crippen LogP contribution in [0.1, 0.15) is 234 Å². The van der Waals surface area contributed by atoms with E-state index in [-0.39, 0.29) is 83.4 Å². The molecule has 728 valence electrons. The first-order valence-electron chi connectivity index (χ1n) is 45.6. The number of halogens is 13. The smallest absolute Gasteiger partial charge is 0.416 e. The van der Waals surface area contributed by atoms with Gasteiger partial charge in [-0.2, -0.15) is 93.2 Å². The lowest BCUT2D eigenvalue weighted by Gasteiger charge is -2.38. The summed E-state index contributed by atoms with van der Waals surface area (Å²) in [5, 5.41) is 30.7. The number of nitrogens with zero attached hydrogens (tertiary/aromatic N) is 16. The Morgan fingerprint density at radius 3 is 0.940 bits per heavy atom. The predicted molar refractivity (Wildman–Crippen MR) is 474 cm³/mol. The zero-order chi connectivity index (χ0) is 97.2. The molecule has 0 radical (unpaired) electrons. The number of amides is 2. The third-order valence-electron chi connectivity index (χ3n) is 25.4. The van der Waals surface area contributed by atoms with Crippen LogP contribution in [-0.4, -0.2) is 156 Å². The van der Waals surface area contributed by atoms with Crippen molar-refractivity contribution in [2.24, 2.45) is 70.8 Å². The number of likely N-dealkylation sites (tertiary alicyclic amines) is 3. The molecule has 0 spiro atoms. The van der Waals surface area contributed by atoms with Gasteiger partial charge in [-0.1, -0.05) is 0 Å². The van der Waals surface area contributed by atoms with E-state index in [0.29, 0.717) is 142 Å². The summed E-state index contributed by atoms with van der Waals surface area (Å²) in [6.07, 6.45) is -4.78. The summed E-state index contributed by atoms with van der Waals surface area (Å²) < 4.78 is 198. The minimum Gasteiger partial charge on any atom is -0.444 e. The van der Waals surface area contributed by atoms with Gasteiger partial charge in [-0.05, 0) is 365 Å². The van der Waals surface area contributed by atoms with Crippen LogP contribution in [0.2, 0.25) is 0 Å². The van der Waals surface area contributed by atoms with Crippen molar-refractivity contribution in [3.63, 3.8) is 0 Å². The molecule has 4 unspecified atom stereocenters. The van der Waals surface area contributed by atoms with Crippen LogP contribution in [0.15, 0.2) is 77.5 Å². The number of nitriles is 1. The zero-order valence-corrected chi connectivity index (χ0v) is 80.1. The van der Waals surface area contributed by atoms with Gasteiger partial charge in [-0.15, -0.1) is 5.10 Å². The molecule has 4 aromatic heterocycles. The Labute approximate surface area is 776 Å². The van der Waals surface area contributed by atoms with Crippen molar-refractivity contribution in [2.45, 2.75) is 261 Å². The molecule has 4 aromatic carbocycles. The summed E-state index contributed by atoms with van der Waals surface area (Å²) in [5.41, 5.74) is 4.00. The van der Waals surface area contributed by atoms with E-state index in [1.54, 1.807) is 59.9 Å². The maximum atomic E-state index is 13.3. The summed E-state index contributed by atoms with van der Waals surface area (Å²) in [7, 11) is 0. The average Bonchev–Trinajstić information content (AvgIpc) is 1.64. The second kappa shape index (κ2) is 41.3. The van der Waals surface area contributed by atoms with Crippen molar-refractivity contribution >= 4 is 28.1 Å². The first kappa shape index (κ1) is 102. The van der Waals surface area contributed by atoms with Gasteiger partial charge in [0.2, 0.25) is 4.73 Å². The first-order chi connectivity index (χ1) is 62.1. The molecule has 3 N–H and O–H groups in total. The number of nitrogens with two attached hydrogens (primary N) is 1. The second-order valence-corrected chi connectivity index (χ2v) is 40.5. The fourth-order valence-electron chi connectivity index (χ4n) is 19.3. The van der Waals surface area contributed by atoms with E-state index < -0.39 is 58.2 Å². The lowest BCUT2D eigenvalue weighted by molar-refractivity contribution is -0.138. The van der Waals surface area contributed by atoms with E-state index in [9.17, 15) is 67.5 Å². The summed E-state index contributed by atoms with van der Waals surface area (Å²) in [6.45, 7) is 39.5. The van der Waals surface area contributed by atoms with Crippen LogP contribution in [0.5, 0.6) is 47.0 Å². The number of aryl methyl sites for hydroxylation is 4. The zero-order valence-electron chi connectivity index (χ0n) is 78.5. The highest BCUT2D eigenvalue weighted by Gasteiger charge is 2.48. The van der Waals surface area contributed by atoms with E-state index in [2.05, 4.69) is 67.8 Å². The molecule has 16 rings (SSSR count). The van der Waals surface area contributed by atoms with Crippen LogP contribution < -0.4 is 30.0 Å². The Morgan fingerprint density at radius 1 is 0.406 bits per heavy atom. The summed E-state index contributed by atoms with van der Waals surface area (Å²) in [5.74, 6) is 7.43.